The average Bonchev–Trinajstić information content (AvgIpc) is 3.16. The van der Waals surface area contributed by atoms with Crippen LogP contribution in [0.2, 0.25) is 0 Å². The van der Waals surface area contributed by atoms with Crippen molar-refractivity contribution in [2.75, 3.05) is 0 Å². The molecule has 0 amide bonds. The maximum atomic E-state index is 12.3. The van der Waals surface area contributed by atoms with Crippen LogP contribution in [0, 0.1) is 34.0 Å². The lowest BCUT2D eigenvalue weighted by Crippen LogP contribution is -2.67. The molecule has 31 heavy (non-hydrogen) atoms. The summed E-state index contributed by atoms with van der Waals surface area (Å²) in [5.41, 5.74) is 2.33. The molecule has 1 N–H and O–H groups in total. The molecule has 0 saturated heterocycles. The first-order chi connectivity index (χ1) is 14.4. The van der Waals surface area contributed by atoms with Crippen molar-refractivity contribution in [3.8, 4) is 0 Å². The van der Waals surface area contributed by atoms with Gasteiger partial charge in [-0.1, -0.05) is 41.0 Å². The van der Waals surface area contributed by atoms with Crippen molar-refractivity contribution in [2.45, 2.75) is 104 Å². The van der Waals surface area contributed by atoms with Crippen molar-refractivity contribution in [3.63, 3.8) is 0 Å². The van der Waals surface area contributed by atoms with Gasteiger partial charge in [0, 0.05) is 23.5 Å². The highest BCUT2D eigenvalue weighted by Gasteiger charge is 2.68. The summed E-state index contributed by atoms with van der Waals surface area (Å²) in [6, 6.07) is 0. The Morgan fingerprint density at radius 2 is 1.71 bits per heavy atom. The first kappa shape index (κ1) is 21.6. The van der Waals surface area contributed by atoms with Gasteiger partial charge in [0.2, 0.25) is 0 Å². The van der Waals surface area contributed by atoms with Gasteiger partial charge in [0.25, 0.3) is 0 Å². The number of hydrogen-bond donors (Lipinski definition) is 1. The van der Waals surface area contributed by atoms with Gasteiger partial charge in [-0.3, -0.25) is 4.79 Å². The van der Waals surface area contributed by atoms with Gasteiger partial charge in [-0.2, -0.15) is 0 Å². The van der Waals surface area contributed by atoms with Crippen molar-refractivity contribution >= 4 is 5.97 Å². The van der Waals surface area contributed by atoms with Gasteiger partial charge in [-0.25, -0.2) is 0 Å². The third kappa shape index (κ3) is 2.72. The topological polar surface area (TPSA) is 59.7 Å². The standard InChI is InChI=1S/C27H40O4/c1-16(28)31-23-13-21-25(4)10-7-9-24(2,3)20(25)8-11-26(21,5)22-12-19(29)17-14-30-15-18(17)27(22,23)6/h14-15,19-23,29H,7-13H2,1-6H3/t19-,20?,21?,22?,23+,25+,26-,27-/m1/s1. The third-order valence-electron chi connectivity index (χ3n) is 10.9. The van der Waals surface area contributed by atoms with E-state index in [0.717, 1.165) is 24.0 Å². The number of ether oxygens (including phenoxy) is 1. The molecule has 0 aliphatic heterocycles. The minimum absolute atomic E-state index is 0.111. The summed E-state index contributed by atoms with van der Waals surface area (Å²) in [5, 5.41) is 11.1. The highest BCUT2D eigenvalue weighted by Crippen LogP contribution is 2.73. The summed E-state index contributed by atoms with van der Waals surface area (Å²) in [4.78, 5) is 12.3. The number of esters is 1. The summed E-state index contributed by atoms with van der Waals surface area (Å²) in [7, 11) is 0. The molecule has 0 radical (unpaired) electrons. The van der Waals surface area contributed by atoms with Crippen LogP contribution in [0.5, 0.6) is 0 Å². The van der Waals surface area contributed by atoms with E-state index in [4.69, 9.17) is 9.15 Å². The van der Waals surface area contributed by atoms with E-state index >= 15 is 0 Å². The minimum Gasteiger partial charge on any atom is -0.472 e. The molecule has 3 unspecified atom stereocenters. The maximum absolute atomic E-state index is 12.3. The number of rotatable bonds is 1. The first-order valence-electron chi connectivity index (χ1n) is 12.4. The van der Waals surface area contributed by atoms with Crippen molar-refractivity contribution in [2.24, 2.45) is 34.0 Å². The van der Waals surface area contributed by atoms with Crippen LogP contribution in [-0.4, -0.2) is 17.2 Å². The van der Waals surface area contributed by atoms with Gasteiger partial charge in [0.05, 0.1) is 18.6 Å². The second kappa shape index (κ2) is 6.62. The van der Waals surface area contributed by atoms with Crippen molar-refractivity contribution in [3.05, 3.63) is 23.7 Å². The van der Waals surface area contributed by atoms with E-state index in [0.29, 0.717) is 17.3 Å². The molecule has 4 nitrogen and oxygen atoms in total. The number of hydrogen-bond acceptors (Lipinski definition) is 4. The molecule has 1 aromatic heterocycles. The fourth-order valence-electron chi connectivity index (χ4n) is 9.61. The Bertz CT molecular complexity index is 886. The average molecular weight is 429 g/mol. The van der Waals surface area contributed by atoms with Crippen LogP contribution in [0.25, 0.3) is 0 Å². The Morgan fingerprint density at radius 1 is 1.00 bits per heavy atom. The quantitative estimate of drug-likeness (QED) is 0.543. The summed E-state index contributed by atoms with van der Waals surface area (Å²) >= 11 is 0. The van der Waals surface area contributed by atoms with Crippen LogP contribution in [0.3, 0.4) is 0 Å². The van der Waals surface area contributed by atoms with E-state index in [9.17, 15) is 9.90 Å². The maximum Gasteiger partial charge on any atom is 0.302 e. The van der Waals surface area contributed by atoms with E-state index in [2.05, 4.69) is 34.6 Å². The summed E-state index contributed by atoms with van der Waals surface area (Å²) in [6.07, 6.45) is 10.7. The van der Waals surface area contributed by atoms with E-state index in [1.54, 1.807) is 6.26 Å². The fourth-order valence-corrected chi connectivity index (χ4v) is 9.61. The molecular formula is C27H40O4. The van der Waals surface area contributed by atoms with Crippen LogP contribution in [0.15, 0.2) is 16.9 Å². The van der Waals surface area contributed by atoms with Gasteiger partial charge in [0.15, 0.2) is 0 Å². The van der Waals surface area contributed by atoms with Gasteiger partial charge in [0.1, 0.15) is 6.10 Å². The molecule has 5 rings (SSSR count). The number of furan rings is 1. The molecule has 8 atom stereocenters. The summed E-state index contributed by atoms with van der Waals surface area (Å²) in [6.45, 7) is 13.8. The Kier molecular flexibility index (Phi) is 4.60. The highest BCUT2D eigenvalue weighted by atomic mass is 16.5. The predicted octanol–water partition coefficient (Wildman–Crippen LogP) is 6.17. The van der Waals surface area contributed by atoms with Crippen molar-refractivity contribution in [1.82, 2.24) is 0 Å². The summed E-state index contributed by atoms with van der Waals surface area (Å²) < 4.78 is 11.7. The Labute approximate surface area is 187 Å². The Morgan fingerprint density at radius 3 is 2.42 bits per heavy atom. The molecule has 172 valence electrons. The zero-order valence-electron chi connectivity index (χ0n) is 20.2. The zero-order chi connectivity index (χ0) is 22.4. The number of fused-ring (bicyclic) bond motifs is 7. The molecule has 4 aliphatic rings. The Hall–Kier alpha value is -1.29. The number of aliphatic hydroxyl groups excluding tert-OH is 1. The normalized spacial score (nSPS) is 48.0. The highest BCUT2D eigenvalue weighted by molar-refractivity contribution is 5.66. The lowest BCUT2D eigenvalue weighted by Gasteiger charge is -2.70. The van der Waals surface area contributed by atoms with E-state index < -0.39 is 6.10 Å². The molecule has 1 aromatic rings. The number of carbonyl (C=O) groups is 1. The van der Waals surface area contributed by atoms with Crippen LogP contribution < -0.4 is 0 Å². The van der Waals surface area contributed by atoms with E-state index in [-0.39, 0.29) is 34.2 Å². The number of aliphatic hydroxyl groups is 1. The second-order valence-electron chi connectivity index (χ2n) is 12.7. The molecule has 1 heterocycles. The molecule has 3 fully saturated rings. The first-order valence-corrected chi connectivity index (χ1v) is 12.4. The van der Waals surface area contributed by atoms with Crippen molar-refractivity contribution in [1.29, 1.82) is 0 Å². The van der Waals surface area contributed by atoms with Gasteiger partial charge < -0.3 is 14.3 Å². The molecule has 0 spiro atoms. The zero-order valence-corrected chi connectivity index (χ0v) is 20.2. The van der Waals surface area contributed by atoms with Crippen LogP contribution in [-0.2, 0) is 14.9 Å². The molecule has 0 bridgehead atoms. The molecule has 3 saturated carbocycles. The minimum atomic E-state index is -0.506. The second-order valence-corrected chi connectivity index (χ2v) is 12.7. The SMILES string of the molecule is CC(=O)O[C@H]1CC2[C@@]3(C)CCCC(C)(C)C3CC[C@@]2(C)C2C[C@@H](O)c3cocc3[C@]21C. The summed E-state index contributed by atoms with van der Waals surface area (Å²) in [5.74, 6) is 1.24. The molecule has 4 aliphatic carbocycles. The van der Waals surface area contributed by atoms with E-state index in [1.807, 2.05) is 6.26 Å². The largest absolute Gasteiger partial charge is 0.472 e. The number of carbonyl (C=O) groups excluding carboxylic acids is 1. The fraction of sp³-hybridized carbons (Fsp3) is 0.815. The monoisotopic (exact) mass is 428 g/mol. The van der Waals surface area contributed by atoms with Crippen LogP contribution in [0.4, 0.5) is 0 Å². The van der Waals surface area contributed by atoms with Gasteiger partial charge >= 0.3 is 5.97 Å². The van der Waals surface area contributed by atoms with Crippen LogP contribution >= 0.6 is 0 Å². The van der Waals surface area contributed by atoms with Crippen LogP contribution in [0.1, 0.15) is 104 Å². The molecule has 4 heteroatoms. The lowest BCUT2D eigenvalue weighted by molar-refractivity contribution is -0.220. The lowest BCUT2D eigenvalue weighted by atomic mass is 9.35. The van der Waals surface area contributed by atoms with E-state index in [1.165, 1.54) is 39.0 Å². The third-order valence-corrected chi connectivity index (χ3v) is 10.9. The van der Waals surface area contributed by atoms with Crippen molar-refractivity contribution < 1.29 is 19.1 Å². The Balaban J connectivity index is 1.66. The van der Waals surface area contributed by atoms with Gasteiger partial charge in [-0.05, 0) is 72.5 Å². The molecular weight excluding hydrogens is 388 g/mol. The molecule has 0 aromatic carbocycles. The van der Waals surface area contributed by atoms with Gasteiger partial charge in [-0.15, -0.1) is 0 Å². The smallest absolute Gasteiger partial charge is 0.302 e. The predicted molar refractivity (Wildman–Crippen MR) is 119 cm³/mol.